The van der Waals surface area contributed by atoms with Gasteiger partial charge in [-0.3, -0.25) is 4.79 Å². The Morgan fingerprint density at radius 2 is 1.86 bits per heavy atom. The van der Waals surface area contributed by atoms with E-state index in [2.05, 4.69) is 11.4 Å². The van der Waals surface area contributed by atoms with Gasteiger partial charge in [0.15, 0.2) is 0 Å². The Kier molecular flexibility index (Phi) is 4.39. The zero-order chi connectivity index (χ0) is 16.3. The zero-order valence-electron chi connectivity index (χ0n) is 12.2. The third kappa shape index (κ3) is 3.38. The zero-order valence-corrected chi connectivity index (χ0v) is 13.0. The van der Waals surface area contributed by atoms with Crippen LogP contribution in [0, 0.1) is 11.3 Å². The summed E-state index contributed by atoms with van der Waals surface area (Å²) in [5.74, 6) is -0.587. The number of phenols is 1. The van der Waals surface area contributed by atoms with E-state index in [9.17, 15) is 9.90 Å². The first-order valence-corrected chi connectivity index (χ1v) is 7.03. The van der Waals surface area contributed by atoms with E-state index in [0.717, 1.165) is 5.56 Å². The predicted octanol–water partition coefficient (Wildman–Crippen LogP) is 4.10. The van der Waals surface area contributed by atoms with Gasteiger partial charge in [-0.1, -0.05) is 23.7 Å². The highest BCUT2D eigenvalue weighted by molar-refractivity contribution is 6.31. The number of amides is 1. The van der Waals surface area contributed by atoms with E-state index in [0.29, 0.717) is 10.7 Å². The number of carbonyl (C=O) groups excluding carboxylic acids is 1. The molecule has 0 saturated carbocycles. The molecule has 0 fully saturated rings. The highest BCUT2D eigenvalue weighted by Crippen LogP contribution is 2.25. The number of benzene rings is 2. The number of carbonyl (C=O) groups is 1. The molecule has 22 heavy (non-hydrogen) atoms. The molecule has 2 aromatic carbocycles. The summed E-state index contributed by atoms with van der Waals surface area (Å²) in [7, 11) is 0. The lowest BCUT2D eigenvalue weighted by atomic mass is 9.86. The van der Waals surface area contributed by atoms with Crippen LogP contribution in [0.1, 0.15) is 29.8 Å². The molecule has 0 bridgehead atoms. The minimum absolute atomic E-state index is 0.105. The highest BCUT2D eigenvalue weighted by Gasteiger charge is 2.19. The molecule has 0 unspecified atom stereocenters. The van der Waals surface area contributed by atoms with Crippen molar-refractivity contribution in [1.29, 1.82) is 5.26 Å². The first-order valence-electron chi connectivity index (χ1n) is 6.65. The average molecular weight is 315 g/mol. The maximum absolute atomic E-state index is 12.1. The molecule has 0 aliphatic heterocycles. The lowest BCUT2D eigenvalue weighted by Crippen LogP contribution is -2.15. The largest absolute Gasteiger partial charge is 0.507 e. The summed E-state index contributed by atoms with van der Waals surface area (Å²) in [4.78, 5) is 12.1. The first-order chi connectivity index (χ1) is 10.3. The first kappa shape index (κ1) is 15.9. The summed E-state index contributed by atoms with van der Waals surface area (Å²) in [6.07, 6.45) is 0. The SMILES string of the molecule is CC(C)(C#N)c1ccc(NC(=O)c2cc(Cl)ccc2O)cc1. The van der Waals surface area contributed by atoms with Crippen molar-refractivity contribution in [3.63, 3.8) is 0 Å². The molecule has 112 valence electrons. The molecule has 2 aromatic rings. The molecule has 0 aliphatic rings. The van der Waals surface area contributed by atoms with Gasteiger partial charge >= 0.3 is 0 Å². The molecule has 5 heteroatoms. The Bertz CT molecular complexity index is 746. The van der Waals surface area contributed by atoms with Gasteiger partial charge in [0, 0.05) is 10.7 Å². The van der Waals surface area contributed by atoms with Crippen molar-refractivity contribution in [3.05, 3.63) is 58.6 Å². The molecule has 0 atom stereocenters. The van der Waals surface area contributed by atoms with Crippen LogP contribution in [0.5, 0.6) is 5.75 Å². The van der Waals surface area contributed by atoms with Crippen LogP contribution in [0.2, 0.25) is 5.02 Å². The number of halogens is 1. The van der Waals surface area contributed by atoms with E-state index in [1.807, 2.05) is 13.8 Å². The number of nitrogens with zero attached hydrogens (tertiary/aromatic N) is 1. The maximum Gasteiger partial charge on any atom is 0.259 e. The summed E-state index contributed by atoms with van der Waals surface area (Å²) < 4.78 is 0. The van der Waals surface area contributed by atoms with E-state index in [1.165, 1.54) is 18.2 Å². The van der Waals surface area contributed by atoms with Gasteiger partial charge in [-0.05, 0) is 49.7 Å². The fraction of sp³-hybridized carbons (Fsp3) is 0.176. The van der Waals surface area contributed by atoms with Crippen molar-refractivity contribution < 1.29 is 9.90 Å². The average Bonchev–Trinajstić information content (AvgIpc) is 2.50. The summed E-state index contributed by atoms with van der Waals surface area (Å²) in [6.45, 7) is 3.65. The number of nitrogens with one attached hydrogen (secondary N) is 1. The van der Waals surface area contributed by atoms with E-state index in [1.54, 1.807) is 24.3 Å². The smallest absolute Gasteiger partial charge is 0.259 e. The van der Waals surface area contributed by atoms with Crippen molar-refractivity contribution in [2.45, 2.75) is 19.3 Å². The van der Waals surface area contributed by atoms with Crippen molar-refractivity contribution in [1.82, 2.24) is 0 Å². The van der Waals surface area contributed by atoms with Gasteiger partial charge in [-0.2, -0.15) is 5.26 Å². The van der Waals surface area contributed by atoms with Crippen LogP contribution >= 0.6 is 11.6 Å². The van der Waals surface area contributed by atoms with Crippen LogP contribution in [-0.4, -0.2) is 11.0 Å². The van der Waals surface area contributed by atoms with Gasteiger partial charge < -0.3 is 10.4 Å². The van der Waals surface area contributed by atoms with Gasteiger partial charge in [0.05, 0.1) is 17.0 Å². The highest BCUT2D eigenvalue weighted by atomic mass is 35.5. The van der Waals surface area contributed by atoms with Gasteiger partial charge in [0.1, 0.15) is 5.75 Å². The van der Waals surface area contributed by atoms with Crippen LogP contribution in [0.4, 0.5) is 5.69 Å². The molecule has 1 amide bonds. The Labute approximate surface area is 134 Å². The molecule has 0 aromatic heterocycles. The molecule has 0 heterocycles. The number of hydrogen-bond donors (Lipinski definition) is 2. The van der Waals surface area contributed by atoms with Crippen LogP contribution in [0.15, 0.2) is 42.5 Å². The molecular formula is C17H15ClN2O2. The Balaban J connectivity index is 2.19. The number of rotatable bonds is 3. The van der Waals surface area contributed by atoms with Crippen LogP contribution < -0.4 is 5.32 Å². The third-order valence-electron chi connectivity index (χ3n) is 3.35. The Hall–Kier alpha value is -2.51. The standard InChI is InChI=1S/C17H15ClN2O2/c1-17(2,10-19)11-3-6-13(7-4-11)20-16(22)14-9-12(18)5-8-15(14)21/h3-9,21H,1-2H3,(H,20,22). The molecular weight excluding hydrogens is 300 g/mol. The molecule has 0 radical (unpaired) electrons. The second kappa shape index (κ2) is 6.08. The van der Waals surface area contributed by atoms with Crippen molar-refractivity contribution in [2.24, 2.45) is 0 Å². The molecule has 0 aliphatic carbocycles. The van der Waals surface area contributed by atoms with Gasteiger partial charge in [0.2, 0.25) is 0 Å². The summed E-state index contributed by atoms with van der Waals surface area (Å²) in [5, 5.41) is 21.9. The Morgan fingerprint density at radius 3 is 2.45 bits per heavy atom. The second-order valence-electron chi connectivity index (χ2n) is 5.43. The van der Waals surface area contributed by atoms with Crippen molar-refractivity contribution in [3.8, 4) is 11.8 Å². The lowest BCUT2D eigenvalue weighted by Gasteiger charge is -2.16. The maximum atomic E-state index is 12.1. The van der Waals surface area contributed by atoms with Crippen LogP contribution in [0.3, 0.4) is 0 Å². The third-order valence-corrected chi connectivity index (χ3v) is 3.58. The van der Waals surface area contributed by atoms with E-state index in [4.69, 9.17) is 16.9 Å². The van der Waals surface area contributed by atoms with Crippen LogP contribution in [-0.2, 0) is 5.41 Å². The number of nitriles is 1. The van der Waals surface area contributed by atoms with Gasteiger partial charge in [-0.15, -0.1) is 0 Å². The number of hydrogen-bond acceptors (Lipinski definition) is 3. The topological polar surface area (TPSA) is 73.1 Å². The number of aromatic hydroxyl groups is 1. The Morgan fingerprint density at radius 1 is 1.23 bits per heavy atom. The minimum atomic E-state index is -0.590. The fourth-order valence-electron chi connectivity index (χ4n) is 1.92. The van der Waals surface area contributed by atoms with Crippen molar-refractivity contribution in [2.75, 3.05) is 5.32 Å². The lowest BCUT2D eigenvalue weighted by molar-refractivity contribution is 0.102. The number of phenolic OH excluding ortho intramolecular Hbond substituents is 1. The molecule has 4 nitrogen and oxygen atoms in total. The fourth-order valence-corrected chi connectivity index (χ4v) is 2.10. The normalized spacial score (nSPS) is 10.8. The van der Waals surface area contributed by atoms with Crippen molar-refractivity contribution >= 4 is 23.2 Å². The predicted molar refractivity (Wildman–Crippen MR) is 86.2 cm³/mol. The monoisotopic (exact) mass is 314 g/mol. The minimum Gasteiger partial charge on any atom is -0.507 e. The quantitative estimate of drug-likeness (QED) is 0.895. The van der Waals surface area contributed by atoms with E-state index < -0.39 is 11.3 Å². The van der Waals surface area contributed by atoms with Gasteiger partial charge in [-0.25, -0.2) is 0 Å². The molecule has 2 N–H and O–H groups in total. The van der Waals surface area contributed by atoms with Gasteiger partial charge in [0.25, 0.3) is 5.91 Å². The summed E-state index contributed by atoms with van der Waals surface area (Å²) >= 11 is 5.83. The molecule has 2 rings (SSSR count). The van der Waals surface area contributed by atoms with E-state index in [-0.39, 0.29) is 11.3 Å². The molecule has 0 saturated heterocycles. The second-order valence-corrected chi connectivity index (χ2v) is 5.87. The van der Waals surface area contributed by atoms with E-state index >= 15 is 0 Å². The number of anilines is 1. The van der Waals surface area contributed by atoms with Crippen LogP contribution in [0.25, 0.3) is 0 Å². The summed E-state index contributed by atoms with van der Waals surface area (Å²) in [5.41, 5.74) is 0.947. The summed E-state index contributed by atoms with van der Waals surface area (Å²) in [6, 6.07) is 13.5. The molecule has 0 spiro atoms.